The summed E-state index contributed by atoms with van der Waals surface area (Å²) >= 11 is 0. The Balaban J connectivity index is 1.89. The van der Waals surface area contributed by atoms with Gasteiger partial charge in [0.05, 0.1) is 18.7 Å². The van der Waals surface area contributed by atoms with Gasteiger partial charge in [-0.05, 0) is 55.0 Å². The number of benzene rings is 2. The number of ether oxygens (including phenoxy) is 1. The van der Waals surface area contributed by atoms with Crippen LogP contribution in [0.2, 0.25) is 0 Å². The molecule has 0 spiro atoms. The van der Waals surface area contributed by atoms with Crippen LogP contribution in [0.5, 0.6) is 5.75 Å². The second-order valence-electron chi connectivity index (χ2n) is 7.02. The maximum absolute atomic E-state index is 13.3. The highest BCUT2D eigenvalue weighted by Crippen LogP contribution is 2.40. The molecule has 0 radical (unpaired) electrons. The fraction of sp³-hybridized carbons (Fsp3) is 0.364. The number of hydrogen-bond donors (Lipinski definition) is 2. The van der Waals surface area contributed by atoms with E-state index in [9.17, 15) is 14.6 Å². The minimum atomic E-state index is -0.231. The van der Waals surface area contributed by atoms with Gasteiger partial charge in [0, 0.05) is 23.2 Å². The molecule has 0 saturated heterocycles. The summed E-state index contributed by atoms with van der Waals surface area (Å²) in [4.78, 5) is 0. The Morgan fingerprint density at radius 1 is 1.00 bits per heavy atom. The first-order chi connectivity index (χ1) is 13.2. The molecule has 0 bridgehead atoms. The van der Waals surface area contributed by atoms with E-state index in [-0.39, 0.29) is 25.6 Å². The van der Waals surface area contributed by atoms with Gasteiger partial charge in [0.15, 0.2) is 0 Å². The number of hydrogen-bond acceptors (Lipinski definition) is 3. The molecule has 27 heavy (non-hydrogen) atoms. The average Bonchev–Trinajstić information content (AvgIpc) is 3.02. The molecule has 3 aromatic rings. The van der Waals surface area contributed by atoms with E-state index < -0.39 is 0 Å². The molecule has 2 aromatic carbocycles. The molecule has 0 saturated carbocycles. The van der Waals surface area contributed by atoms with Gasteiger partial charge in [-0.2, -0.15) is 0 Å². The monoisotopic (exact) mass is 369 g/mol. The van der Waals surface area contributed by atoms with Gasteiger partial charge in [-0.25, -0.2) is 4.39 Å². The minimum Gasteiger partial charge on any atom is -0.490 e. The van der Waals surface area contributed by atoms with Crippen molar-refractivity contribution in [1.29, 1.82) is 0 Å². The summed E-state index contributed by atoms with van der Waals surface area (Å²) in [6.07, 6.45) is 4.25. The fourth-order valence-electron chi connectivity index (χ4n) is 4.12. The van der Waals surface area contributed by atoms with E-state index in [1.54, 1.807) is 0 Å². The number of rotatable bonds is 6. The van der Waals surface area contributed by atoms with Gasteiger partial charge in [-0.3, -0.25) is 0 Å². The summed E-state index contributed by atoms with van der Waals surface area (Å²) in [6.45, 7) is 0.697. The lowest BCUT2D eigenvalue weighted by atomic mass is 9.94. The van der Waals surface area contributed by atoms with E-state index in [4.69, 9.17) is 4.74 Å². The molecule has 5 heteroatoms. The summed E-state index contributed by atoms with van der Waals surface area (Å²) in [5.74, 6) is 0.450. The SMILES string of the molecule is OCCOc1c(CO)ccc2c1c1c(n2Cc2ccc(F)cc2)CCCC1. The lowest BCUT2D eigenvalue weighted by Gasteiger charge is -2.16. The van der Waals surface area contributed by atoms with Crippen molar-refractivity contribution in [3.8, 4) is 5.75 Å². The van der Waals surface area contributed by atoms with Gasteiger partial charge in [0.2, 0.25) is 0 Å². The number of aliphatic hydroxyl groups excluding tert-OH is 2. The molecule has 1 aliphatic rings. The Hall–Kier alpha value is -2.37. The van der Waals surface area contributed by atoms with Crippen LogP contribution in [-0.2, 0) is 26.0 Å². The fourth-order valence-corrected chi connectivity index (χ4v) is 4.12. The molecule has 1 aliphatic carbocycles. The molecule has 0 aliphatic heterocycles. The third-order valence-corrected chi connectivity index (χ3v) is 5.34. The van der Waals surface area contributed by atoms with Gasteiger partial charge in [-0.1, -0.05) is 18.2 Å². The number of aromatic nitrogens is 1. The molecule has 2 N–H and O–H groups in total. The lowest BCUT2D eigenvalue weighted by molar-refractivity contribution is 0.197. The van der Waals surface area contributed by atoms with Crippen molar-refractivity contribution in [3.63, 3.8) is 0 Å². The second kappa shape index (κ2) is 7.71. The highest BCUT2D eigenvalue weighted by atomic mass is 19.1. The predicted molar refractivity (Wildman–Crippen MR) is 103 cm³/mol. The van der Waals surface area contributed by atoms with Gasteiger partial charge >= 0.3 is 0 Å². The molecule has 1 aromatic heterocycles. The molecule has 0 unspecified atom stereocenters. The Morgan fingerprint density at radius 3 is 2.52 bits per heavy atom. The Morgan fingerprint density at radius 2 is 1.78 bits per heavy atom. The van der Waals surface area contributed by atoms with Gasteiger partial charge < -0.3 is 19.5 Å². The van der Waals surface area contributed by atoms with Crippen LogP contribution in [-0.4, -0.2) is 28.0 Å². The molecule has 4 rings (SSSR count). The summed E-state index contributed by atoms with van der Waals surface area (Å²) in [5, 5.41) is 20.0. The molecular formula is C22H24FNO3. The van der Waals surface area contributed by atoms with Gasteiger partial charge in [0.1, 0.15) is 18.2 Å². The number of halogens is 1. The smallest absolute Gasteiger partial charge is 0.134 e. The van der Waals surface area contributed by atoms with E-state index in [1.165, 1.54) is 23.4 Å². The zero-order valence-electron chi connectivity index (χ0n) is 15.2. The molecule has 0 atom stereocenters. The predicted octanol–water partition coefficient (Wildman–Crippen LogP) is 3.57. The van der Waals surface area contributed by atoms with Crippen LogP contribution in [0.15, 0.2) is 36.4 Å². The summed E-state index contributed by atoms with van der Waals surface area (Å²) in [7, 11) is 0. The Bertz CT molecular complexity index is 947. The highest BCUT2D eigenvalue weighted by molar-refractivity contribution is 5.93. The van der Waals surface area contributed by atoms with E-state index in [2.05, 4.69) is 4.57 Å². The van der Waals surface area contributed by atoms with Crippen LogP contribution in [0, 0.1) is 5.82 Å². The van der Waals surface area contributed by atoms with E-state index in [0.29, 0.717) is 12.3 Å². The topological polar surface area (TPSA) is 54.6 Å². The van der Waals surface area contributed by atoms with Gasteiger partial charge in [-0.15, -0.1) is 0 Å². The number of nitrogens with zero attached hydrogens (tertiary/aromatic N) is 1. The Kier molecular flexibility index (Phi) is 5.14. The average molecular weight is 369 g/mol. The van der Waals surface area contributed by atoms with Crippen LogP contribution < -0.4 is 4.74 Å². The number of fused-ring (bicyclic) bond motifs is 3. The molecule has 1 heterocycles. The zero-order chi connectivity index (χ0) is 18.8. The third kappa shape index (κ3) is 3.33. The standard InChI is InChI=1S/C22H24FNO3/c23-17-8-5-15(6-9-17)13-24-19-4-2-1-3-18(19)21-20(24)10-7-16(14-26)22(21)27-12-11-25/h5-10,25-26H,1-4,11-14H2. The summed E-state index contributed by atoms with van der Waals surface area (Å²) < 4.78 is 21.4. The van der Waals surface area contributed by atoms with E-state index in [0.717, 1.165) is 47.7 Å². The van der Waals surface area contributed by atoms with Crippen LogP contribution in [0.25, 0.3) is 10.9 Å². The van der Waals surface area contributed by atoms with Crippen molar-refractivity contribution in [2.75, 3.05) is 13.2 Å². The summed E-state index contributed by atoms with van der Waals surface area (Å²) in [5.41, 5.74) is 5.43. The maximum atomic E-state index is 13.3. The van der Waals surface area contributed by atoms with Crippen molar-refractivity contribution in [3.05, 3.63) is 64.6 Å². The van der Waals surface area contributed by atoms with Crippen molar-refractivity contribution in [1.82, 2.24) is 4.57 Å². The first kappa shape index (κ1) is 18.0. The first-order valence-corrected chi connectivity index (χ1v) is 9.47. The quantitative estimate of drug-likeness (QED) is 0.698. The third-order valence-electron chi connectivity index (χ3n) is 5.34. The van der Waals surface area contributed by atoms with Crippen molar-refractivity contribution < 1.29 is 19.3 Å². The van der Waals surface area contributed by atoms with Crippen molar-refractivity contribution >= 4 is 10.9 Å². The molecule has 0 amide bonds. The van der Waals surface area contributed by atoms with Crippen LogP contribution in [0.1, 0.15) is 35.2 Å². The largest absolute Gasteiger partial charge is 0.490 e. The van der Waals surface area contributed by atoms with Crippen molar-refractivity contribution in [2.24, 2.45) is 0 Å². The number of aryl methyl sites for hydroxylation is 1. The second-order valence-corrected chi connectivity index (χ2v) is 7.02. The minimum absolute atomic E-state index is 0.0697. The Labute approximate surface area is 157 Å². The number of aliphatic hydroxyl groups is 2. The summed E-state index contributed by atoms with van der Waals surface area (Å²) in [6, 6.07) is 10.6. The lowest BCUT2D eigenvalue weighted by Crippen LogP contribution is -2.09. The normalized spacial score (nSPS) is 13.7. The first-order valence-electron chi connectivity index (χ1n) is 9.47. The molecular weight excluding hydrogens is 345 g/mol. The van der Waals surface area contributed by atoms with Crippen LogP contribution >= 0.6 is 0 Å². The van der Waals surface area contributed by atoms with Crippen molar-refractivity contribution in [2.45, 2.75) is 38.8 Å². The molecule has 4 nitrogen and oxygen atoms in total. The van der Waals surface area contributed by atoms with E-state index >= 15 is 0 Å². The molecule has 142 valence electrons. The zero-order valence-corrected chi connectivity index (χ0v) is 15.2. The van der Waals surface area contributed by atoms with Crippen LogP contribution in [0.3, 0.4) is 0 Å². The molecule has 0 fully saturated rings. The maximum Gasteiger partial charge on any atom is 0.134 e. The van der Waals surface area contributed by atoms with Crippen LogP contribution in [0.4, 0.5) is 4.39 Å². The van der Waals surface area contributed by atoms with Gasteiger partial charge in [0.25, 0.3) is 0 Å². The van der Waals surface area contributed by atoms with E-state index in [1.807, 2.05) is 24.3 Å². The highest BCUT2D eigenvalue weighted by Gasteiger charge is 2.24.